The standard InChI is InChI=1S/C86H78B2N2O2/c1-47(2)51-15-23-55(24-16-51)59-31-35-73-65(39-59)67-41-61(57-27-19-53(20-28-57)49(5)6)43-71-79(67)89(73)81-77-84(92-75-37-33-63(85(9,10)11)45-69(75)87(71)77)82-78-83(81)91-76-38-34-64(86(12,13)14)46-70(76)88(78)72-44-62(58-29-21-54(22-30-58)50(7)8)42-68-66-40-60(32-36-74(66)90(82)80(68)72)56-25-17-52(18-26-56)48(3)4/h15-50H,1-14H3. The molecule has 0 N–H and O–H groups in total. The van der Waals surface area contributed by atoms with Crippen LogP contribution in [0, 0.1) is 0 Å². The van der Waals surface area contributed by atoms with Gasteiger partial charge in [0.1, 0.15) is 23.0 Å². The van der Waals surface area contributed by atoms with Crippen LogP contribution in [0.25, 0.3) is 99.5 Å². The number of rotatable bonds is 8. The molecule has 4 nitrogen and oxygen atoms in total. The number of hydrogen-bond acceptors (Lipinski definition) is 2. The van der Waals surface area contributed by atoms with Crippen molar-refractivity contribution in [1.29, 1.82) is 0 Å². The zero-order valence-electron chi connectivity index (χ0n) is 55.7. The molecule has 13 aromatic rings. The van der Waals surface area contributed by atoms with Crippen molar-refractivity contribution < 1.29 is 9.47 Å². The summed E-state index contributed by atoms with van der Waals surface area (Å²) in [6.07, 6.45) is 0. The molecule has 4 aliphatic heterocycles. The second kappa shape index (κ2) is 20.1. The Morgan fingerprint density at radius 1 is 0.304 bits per heavy atom. The number of ether oxygens (including phenoxy) is 2. The second-order valence-corrected chi connectivity index (χ2v) is 30.4. The van der Waals surface area contributed by atoms with Crippen LogP contribution < -0.4 is 42.3 Å². The number of nitrogens with zero attached hydrogens (tertiary/aromatic N) is 2. The molecule has 0 atom stereocenters. The van der Waals surface area contributed by atoms with Gasteiger partial charge in [-0.2, -0.15) is 0 Å². The van der Waals surface area contributed by atoms with E-state index in [-0.39, 0.29) is 24.3 Å². The van der Waals surface area contributed by atoms with Crippen molar-refractivity contribution in [3.63, 3.8) is 0 Å². The van der Waals surface area contributed by atoms with Gasteiger partial charge >= 0.3 is 0 Å². The highest BCUT2D eigenvalue weighted by Gasteiger charge is 2.51. The summed E-state index contributed by atoms with van der Waals surface area (Å²) in [4.78, 5) is 0. The van der Waals surface area contributed by atoms with Crippen molar-refractivity contribution in [2.75, 3.05) is 0 Å². The fourth-order valence-corrected chi connectivity index (χ4v) is 15.9. The summed E-state index contributed by atoms with van der Waals surface area (Å²) in [5.41, 5.74) is 31.3. The predicted molar refractivity (Wildman–Crippen MR) is 393 cm³/mol. The summed E-state index contributed by atoms with van der Waals surface area (Å²) < 4.78 is 21.2. The van der Waals surface area contributed by atoms with Crippen molar-refractivity contribution >= 4 is 89.8 Å². The van der Waals surface area contributed by atoms with Crippen molar-refractivity contribution in [2.24, 2.45) is 0 Å². The molecule has 2 aromatic heterocycles. The maximum Gasteiger partial charge on any atom is 0.256 e. The Balaban J connectivity index is 1.04. The number of benzene rings is 11. The first kappa shape index (κ1) is 56.7. The lowest BCUT2D eigenvalue weighted by Crippen LogP contribution is -2.63. The maximum atomic E-state index is 8.00. The van der Waals surface area contributed by atoms with Crippen LogP contribution in [-0.4, -0.2) is 22.6 Å². The summed E-state index contributed by atoms with van der Waals surface area (Å²) in [5, 5.41) is 4.88. The monoisotopic (exact) mass is 1190 g/mol. The molecule has 0 aliphatic carbocycles. The molecule has 6 heteroatoms. The Hall–Kier alpha value is -9.25. The van der Waals surface area contributed by atoms with E-state index in [2.05, 4.69) is 300 Å². The molecule has 92 heavy (non-hydrogen) atoms. The van der Waals surface area contributed by atoms with Gasteiger partial charge in [-0.15, -0.1) is 0 Å². The molecule has 6 heterocycles. The molecule has 0 amide bonds. The van der Waals surface area contributed by atoms with Crippen molar-refractivity contribution in [3.05, 3.63) is 228 Å². The quantitative estimate of drug-likeness (QED) is 0.142. The maximum absolute atomic E-state index is 8.00. The van der Waals surface area contributed by atoms with E-state index in [1.165, 1.54) is 132 Å². The highest BCUT2D eigenvalue weighted by Crippen LogP contribution is 2.51. The van der Waals surface area contributed by atoms with Gasteiger partial charge < -0.3 is 18.6 Å². The van der Waals surface area contributed by atoms with E-state index in [4.69, 9.17) is 9.47 Å². The van der Waals surface area contributed by atoms with Crippen LogP contribution in [0.2, 0.25) is 0 Å². The van der Waals surface area contributed by atoms with Crippen molar-refractivity contribution in [3.8, 4) is 78.9 Å². The zero-order chi connectivity index (χ0) is 63.3. The first-order chi connectivity index (χ1) is 44.2. The highest BCUT2D eigenvalue weighted by molar-refractivity contribution is 7.02. The Morgan fingerprint density at radius 3 is 0.924 bits per heavy atom. The first-order valence-corrected chi connectivity index (χ1v) is 33.7. The molecule has 0 unspecified atom stereocenters. The number of fused-ring (bicyclic) bond motifs is 16. The number of aromatic nitrogens is 2. The fraction of sp³-hybridized carbons (Fsp3) is 0.233. The van der Waals surface area contributed by atoms with Gasteiger partial charge in [-0.05, 0) is 183 Å². The molecular weight excluding hydrogens is 1110 g/mol. The van der Waals surface area contributed by atoms with Gasteiger partial charge in [0.05, 0.1) is 22.4 Å². The Bertz CT molecular complexity index is 4940. The minimum absolute atomic E-state index is 0.126. The van der Waals surface area contributed by atoms with Gasteiger partial charge in [0, 0.05) is 43.5 Å². The SMILES string of the molecule is CC(C)c1ccc(-c2ccc3c(c2)c2cc(-c4ccc(C(C)C)cc4)cc4c2n3-c2c3c5c(c6c2B4c2cc(C(C)(C)C)ccc2O6)-n2c4ccc(-c6ccc(C(C)C)cc6)cc4c4cc(-c6ccc(C(C)C)cc6)cc(c42)B5c2cc(C(C)(C)C)ccc2O3)cc1. The summed E-state index contributed by atoms with van der Waals surface area (Å²) in [6.45, 7) is 31.8. The lowest BCUT2D eigenvalue weighted by molar-refractivity contribution is 0.471. The zero-order valence-corrected chi connectivity index (χ0v) is 55.7. The average molecular weight is 1190 g/mol. The smallest absolute Gasteiger partial charge is 0.256 e. The largest absolute Gasteiger partial charge is 0.456 e. The average Bonchev–Trinajstić information content (AvgIpc) is 1.27. The minimum atomic E-state index is -0.230. The van der Waals surface area contributed by atoms with Gasteiger partial charge in [-0.3, -0.25) is 0 Å². The normalized spacial score (nSPS) is 13.6. The van der Waals surface area contributed by atoms with E-state index in [0.29, 0.717) is 23.7 Å². The Labute approximate surface area is 543 Å². The highest BCUT2D eigenvalue weighted by atomic mass is 16.5. The molecule has 0 saturated carbocycles. The van der Waals surface area contributed by atoms with Crippen LogP contribution >= 0.6 is 0 Å². The van der Waals surface area contributed by atoms with Crippen LogP contribution in [0.4, 0.5) is 0 Å². The summed E-state index contributed by atoms with van der Waals surface area (Å²) >= 11 is 0. The van der Waals surface area contributed by atoms with Crippen molar-refractivity contribution in [2.45, 2.75) is 131 Å². The second-order valence-electron chi connectivity index (χ2n) is 30.4. The lowest BCUT2D eigenvalue weighted by atomic mass is 9.31. The Morgan fingerprint density at radius 2 is 0.609 bits per heavy atom. The molecule has 17 rings (SSSR count). The van der Waals surface area contributed by atoms with Crippen LogP contribution in [0.3, 0.4) is 0 Å². The van der Waals surface area contributed by atoms with Gasteiger partial charge in [-0.1, -0.05) is 243 Å². The van der Waals surface area contributed by atoms with Crippen LogP contribution in [-0.2, 0) is 10.8 Å². The summed E-state index contributed by atoms with van der Waals surface area (Å²) in [6, 6.07) is 75.7. The van der Waals surface area contributed by atoms with E-state index in [9.17, 15) is 0 Å². The predicted octanol–water partition coefficient (Wildman–Crippen LogP) is 19.5. The third-order valence-electron chi connectivity index (χ3n) is 21.3. The van der Waals surface area contributed by atoms with E-state index >= 15 is 0 Å². The van der Waals surface area contributed by atoms with Gasteiger partial charge in [0.2, 0.25) is 0 Å². The molecule has 11 aromatic carbocycles. The van der Waals surface area contributed by atoms with Crippen molar-refractivity contribution in [1.82, 2.24) is 9.13 Å². The third-order valence-corrected chi connectivity index (χ3v) is 21.3. The van der Waals surface area contributed by atoms with Crippen LogP contribution in [0.15, 0.2) is 194 Å². The molecular formula is C86H78B2N2O2. The van der Waals surface area contributed by atoms with Gasteiger partial charge in [0.15, 0.2) is 0 Å². The van der Waals surface area contributed by atoms with Crippen LogP contribution in [0.1, 0.15) is 154 Å². The summed E-state index contributed by atoms with van der Waals surface area (Å²) in [5.74, 6) is 5.30. The Kier molecular flexibility index (Phi) is 12.4. The fourth-order valence-electron chi connectivity index (χ4n) is 15.9. The van der Waals surface area contributed by atoms with E-state index in [1.807, 2.05) is 0 Å². The van der Waals surface area contributed by atoms with Gasteiger partial charge in [-0.25, -0.2) is 0 Å². The van der Waals surface area contributed by atoms with Gasteiger partial charge in [0.25, 0.3) is 13.4 Å². The van der Waals surface area contributed by atoms with E-state index in [1.54, 1.807) is 0 Å². The molecule has 0 fully saturated rings. The lowest BCUT2D eigenvalue weighted by Gasteiger charge is -2.41. The minimum Gasteiger partial charge on any atom is -0.456 e. The molecule has 450 valence electrons. The molecule has 0 saturated heterocycles. The number of hydrogen-bond donors (Lipinski definition) is 0. The topological polar surface area (TPSA) is 28.3 Å². The molecule has 0 radical (unpaired) electrons. The molecule has 0 bridgehead atoms. The summed E-state index contributed by atoms with van der Waals surface area (Å²) in [7, 11) is 0. The first-order valence-electron chi connectivity index (χ1n) is 33.7. The van der Waals surface area contributed by atoms with E-state index in [0.717, 1.165) is 56.3 Å². The van der Waals surface area contributed by atoms with Crippen LogP contribution in [0.5, 0.6) is 23.0 Å². The third kappa shape index (κ3) is 8.44. The van der Waals surface area contributed by atoms with E-state index < -0.39 is 0 Å². The molecule has 0 spiro atoms. The molecule has 4 aliphatic rings.